The van der Waals surface area contributed by atoms with Gasteiger partial charge < -0.3 is 14.8 Å². The molecule has 0 radical (unpaired) electrons. The summed E-state index contributed by atoms with van der Waals surface area (Å²) in [5.41, 5.74) is 1.41. The third kappa shape index (κ3) is 3.97. The molecule has 3 nitrogen and oxygen atoms in total. The number of rotatable bonds is 4. The molecule has 1 N–H and O–H groups in total. The van der Waals surface area contributed by atoms with E-state index in [1.54, 1.807) is 0 Å². The Morgan fingerprint density at radius 1 is 1.20 bits per heavy atom. The average molecular weight is 275 g/mol. The maximum absolute atomic E-state index is 6.09. The molecule has 0 bridgehead atoms. The zero-order valence-electron chi connectivity index (χ0n) is 12.1. The molecule has 2 fully saturated rings. The van der Waals surface area contributed by atoms with E-state index < -0.39 is 0 Å². The van der Waals surface area contributed by atoms with E-state index in [4.69, 9.17) is 9.47 Å². The molecule has 1 unspecified atom stereocenters. The summed E-state index contributed by atoms with van der Waals surface area (Å²) in [4.78, 5) is 0. The second-order valence-corrected chi connectivity index (χ2v) is 5.99. The number of nitrogens with one attached hydrogen (secondary N) is 1. The maximum atomic E-state index is 6.09. The maximum Gasteiger partial charge on any atom is 0.119 e. The van der Waals surface area contributed by atoms with Crippen LogP contribution in [0.3, 0.4) is 0 Å². The molecule has 0 amide bonds. The highest BCUT2D eigenvalue weighted by atomic mass is 16.5. The van der Waals surface area contributed by atoms with Crippen LogP contribution in [-0.2, 0) is 11.2 Å². The fourth-order valence-corrected chi connectivity index (χ4v) is 3.16. The third-order valence-electron chi connectivity index (χ3n) is 4.29. The molecule has 3 heteroatoms. The molecule has 2 aliphatic heterocycles. The minimum Gasteiger partial charge on any atom is -0.490 e. The molecule has 1 atom stereocenters. The summed E-state index contributed by atoms with van der Waals surface area (Å²) in [5.74, 6) is 1.81. The number of benzene rings is 1. The normalized spacial score (nSPS) is 24.5. The first kappa shape index (κ1) is 13.9. The topological polar surface area (TPSA) is 30.5 Å². The van der Waals surface area contributed by atoms with Crippen LogP contribution in [-0.4, -0.2) is 32.4 Å². The van der Waals surface area contributed by atoms with Gasteiger partial charge in [0.25, 0.3) is 0 Å². The molecular weight excluding hydrogens is 250 g/mol. The molecular formula is C17H25NO2. The van der Waals surface area contributed by atoms with Gasteiger partial charge in [0.05, 0.1) is 13.2 Å². The SMILES string of the molecule is c1cc(CC2CCCNC2)cc(OC2CCOCC2)c1. The van der Waals surface area contributed by atoms with Crippen molar-refractivity contribution in [3.63, 3.8) is 0 Å². The summed E-state index contributed by atoms with van der Waals surface area (Å²) in [6.45, 7) is 4.00. The summed E-state index contributed by atoms with van der Waals surface area (Å²) < 4.78 is 11.5. The molecule has 2 saturated heterocycles. The molecule has 110 valence electrons. The van der Waals surface area contributed by atoms with Crippen LogP contribution in [0.5, 0.6) is 5.75 Å². The van der Waals surface area contributed by atoms with E-state index >= 15 is 0 Å². The van der Waals surface area contributed by atoms with E-state index in [1.165, 1.54) is 24.9 Å². The first-order chi connectivity index (χ1) is 9.90. The molecule has 3 rings (SSSR count). The standard InChI is InChI=1S/C17H25NO2/c1-3-14(11-15-4-2-8-18-13-15)12-17(5-1)20-16-6-9-19-10-7-16/h1,3,5,12,15-16,18H,2,4,6-11,13H2. The number of hydrogen-bond donors (Lipinski definition) is 1. The molecule has 0 saturated carbocycles. The Kier molecular flexibility index (Phi) is 4.93. The Balaban J connectivity index is 1.57. The molecule has 1 aromatic rings. The number of ether oxygens (including phenoxy) is 2. The van der Waals surface area contributed by atoms with E-state index in [1.807, 2.05) is 0 Å². The quantitative estimate of drug-likeness (QED) is 0.916. The Labute approximate surface area is 121 Å². The van der Waals surface area contributed by atoms with Crippen LogP contribution in [0.25, 0.3) is 0 Å². The summed E-state index contributed by atoms with van der Waals surface area (Å²) in [6, 6.07) is 8.66. The van der Waals surface area contributed by atoms with Gasteiger partial charge in [0.1, 0.15) is 11.9 Å². The molecule has 0 spiro atoms. The van der Waals surface area contributed by atoms with Crippen molar-refractivity contribution in [1.29, 1.82) is 0 Å². The van der Waals surface area contributed by atoms with E-state index in [-0.39, 0.29) is 0 Å². The summed E-state index contributed by atoms with van der Waals surface area (Å²) >= 11 is 0. The van der Waals surface area contributed by atoms with Gasteiger partial charge in [-0.05, 0) is 56.0 Å². The second-order valence-electron chi connectivity index (χ2n) is 5.99. The van der Waals surface area contributed by atoms with Gasteiger partial charge in [-0.3, -0.25) is 0 Å². The highest BCUT2D eigenvalue weighted by molar-refractivity contribution is 5.29. The minimum atomic E-state index is 0.329. The first-order valence-electron chi connectivity index (χ1n) is 7.94. The lowest BCUT2D eigenvalue weighted by Gasteiger charge is -2.24. The molecule has 20 heavy (non-hydrogen) atoms. The lowest BCUT2D eigenvalue weighted by Crippen LogP contribution is -2.30. The molecule has 2 heterocycles. The van der Waals surface area contributed by atoms with Gasteiger partial charge in [0.2, 0.25) is 0 Å². The van der Waals surface area contributed by atoms with Crippen molar-refractivity contribution in [2.24, 2.45) is 5.92 Å². The van der Waals surface area contributed by atoms with Crippen LogP contribution in [0.2, 0.25) is 0 Å². The highest BCUT2D eigenvalue weighted by Gasteiger charge is 2.16. The largest absolute Gasteiger partial charge is 0.490 e. The van der Waals surface area contributed by atoms with Crippen molar-refractivity contribution >= 4 is 0 Å². The van der Waals surface area contributed by atoms with Gasteiger partial charge in [0, 0.05) is 12.8 Å². The van der Waals surface area contributed by atoms with Gasteiger partial charge in [0.15, 0.2) is 0 Å². The number of hydrogen-bond acceptors (Lipinski definition) is 3. The van der Waals surface area contributed by atoms with Crippen LogP contribution in [0.15, 0.2) is 24.3 Å². The predicted octanol–water partition coefficient (Wildman–Crippen LogP) is 2.79. The fraction of sp³-hybridized carbons (Fsp3) is 0.647. The van der Waals surface area contributed by atoms with Gasteiger partial charge in [-0.2, -0.15) is 0 Å². The van der Waals surface area contributed by atoms with Crippen molar-refractivity contribution in [1.82, 2.24) is 5.32 Å². The van der Waals surface area contributed by atoms with Gasteiger partial charge >= 0.3 is 0 Å². The van der Waals surface area contributed by atoms with Crippen LogP contribution in [0.4, 0.5) is 0 Å². The van der Waals surface area contributed by atoms with Crippen LogP contribution >= 0.6 is 0 Å². The average Bonchev–Trinajstić information content (AvgIpc) is 2.50. The smallest absolute Gasteiger partial charge is 0.119 e. The van der Waals surface area contributed by atoms with Gasteiger partial charge in [-0.25, -0.2) is 0 Å². The molecule has 0 aromatic heterocycles. The van der Waals surface area contributed by atoms with Gasteiger partial charge in [-0.1, -0.05) is 12.1 Å². The number of piperidine rings is 1. The minimum absolute atomic E-state index is 0.329. The van der Waals surface area contributed by atoms with Crippen LogP contribution in [0.1, 0.15) is 31.2 Å². The van der Waals surface area contributed by atoms with Gasteiger partial charge in [-0.15, -0.1) is 0 Å². The zero-order chi connectivity index (χ0) is 13.6. The summed E-state index contributed by atoms with van der Waals surface area (Å²) in [7, 11) is 0. The van der Waals surface area contributed by atoms with E-state index in [2.05, 4.69) is 29.6 Å². The van der Waals surface area contributed by atoms with Crippen molar-refractivity contribution in [3.05, 3.63) is 29.8 Å². The Bertz CT molecular complexity index is 374. The summed E-state index contributed by atoms with van der Waals surface area (Å²) in [5, 5.41) is 3.49. The van der Waals surface area contributed by atoms with E-state index in [0.717, 1.165) is 50.7 Å². The lowest BCUT2D eigenvalue weighted by atomic mass is 9.92. The first-order valence-corrected chi connectivity index (χ1v) is 7.94. The third-order valence-corrected chi connectivity index (χ3v) is 4.29. The highest BCUT2D eigenvalue weighted by Crippen LogP contribution is 2.22. The van der Waals surface area contributed by atoms with Crippen LogP contribution < -0.4 is 10.1 Å². The van der Waals surface area contributed by atoms with E-state index in [0.29, 0.717) is 6.10 Å². The molecule has 2 aliphatic rings. The molecule has 1 aromatic carbocycles. The Morgan fingerprint density at radius 2 is 2.10 bits per heavy atom. The Morgan fingerprint density at radius 3 is 2.90 bits per heavy atom. The predicted molar refractivity (Wildman–Crippen MR) is 80.2 cm³/mol. The van der Waals surface area contributed by atoms with Crippen molar-refractivity contribution in [2.45, 2.75) is 38.2 Å². The monoisotopic (exact) mass is 275 g/mol. The Hall–Kier alpha value is -1.06. The van der Waals surface area contributed by atoms with Crippen molar-refractivity contribution < 1.29 is 9.47 Å². The van der Waals surface area contributed by atoms with E-state index in [9.17, 15) is 0 Å². The van der Waals surface area contributed by atoms with Crippen molar-refractivity contribution in [2.75, 3.05) is 26.3 Å². The lowest BCUT2D eigenvalue weighted by molar-refractivity contribution is 0.0255. The molecule has 0 aliphatic carbocycles. The fourth-order valence-electron chi connectivity index (χ4n) is 3.16. The van der Waals surface area contributed by atoms with Crippen molar-refractivity contribution in [3.8, 4) is 5.75 Å². The van der Waals surface area contributed by atoms with Crippen LogP contribution in [0, 0.1) is 5.92 Å². The second kappa shape index (κ2) is 7.09. The summed E-state index contributed by atoms with van der Waals surface area (Å²) in [6.07, 6.45) is 6.17. The zero-order valence-corrected chi connectivity index (χ0v) is 12.1.